The Morgan fingerprint density at radius 2 is 1.63 bits per heavy atom. The Balaban J connectivity index is 1.59. The van der Waals surface area contributed by atoms with Crippen molar-refractivity contribution in [2.24, 2.45) is 0 Å². The molecule has 2 N–H and O–H groups in total. The van der Waals surface area contributed by atoms with Crippen LogP contribution in [0.1, 0.15) is 39.9 Å². The molecule has 2 heterocycles. The monoisotopic (exact) mass is 603 g/mol. The van der Waals surface area contributed by atoms with E-state index < -0.39 is 53.1 Å². The third kappa shape index (κ3) is 6.42. The second-order valence-corrected chi connectivity index (χ2v) is 10.3. The topological polar surface area (TPSA) is 63.2 Å². The Kier molecular flexibility index (Phi) is 7.57. The third-order valence-electron chi connectivity index (χ3n) is 6.99. The van der Waals surface area contributed by atoms with Crippen molar-refractivity contribution in [3.63, 3.8) is 0 Å². The van der Waals surface area contributed by atoms with Crippen molar-refractivity contribution < 1.29 is 40.3 Å². The lowest BCUT2D eigenvalue weighted by molar-refractivity contribution is -0.239. The van der Waals surface area contributed by atoms with E-state index in [1.165, 1.54) is 18.3 Å². The molecule has 0 radical (unpaired) electrons. The van der Waals surface area contributed by atoms with Gasteiger partial charge in [0.25, 0.3) is 5.92 Å². The number of urea groups is 1. The van der Waals surface area contributed by atoms with Crippen LogP contribution in [0.25, 0.3) is 0 Å². The van der Waals surface area contributed by atoms with Crippen LogP contribution in [0.2, 0.25) is 0 Å². The summed E-state index contributed by atoms with van der Waals surface area (Å²) in [5.41, 5.74) is -2.01. The van der Waals surface area contributed by atoms with E-state index in [1.54, 1.807) is 49.4 Å². The first-order valence-electron chi connectivity index (χ1n) is 13.0. The summed E-state index contributed by atoms with van der Waals surface area (Å²) in [5.74, 6) is -4.69. The number of aromatic nitrogens is 1. The summed E-state index contributed by atoms with van der Waals surface area (Å²) in [6, 6.07) is 18.3. The highest BCUT2D eigenvalue weighted by atomic mass is 19.4. The number of benzene rings is 3. The average molecular weight is 604 g/mol. The molecule has 0 saturated carbocycles. The molecule has 0 spiro atoms. The molecule has 1 aliphatic heterocycles. The van der Waals surface area contributed by atoms with Crippen LogP contribution in [-0.2, 0) is 24.1 Å². The fraction of sp³-hybridized carbons (Fsp3) is 0.226. The van der Waals surface area contributed by atoms with Gasteiger partial charge < -0.3 is 15.4 Å². The molecule has 43 heavy (non-hydrogen) atoms. The number of carbonyl (C=O) groups excluding carboxylic acids is 1. The number of alkyl halides is 7. The molecule has 1 aliphatic rings. The highest BCUT2D eigenvalue weighted by molar-refractivity contribution is 5.90. The summed E-state index contributed by atoms with van der Waals surface area (Å²) in [7, 11) is 0. The summed E-state index contributed by atoms with van der Waals surface area (Å²) < 4.78 is 102. The second kappa shape index (κ2) is 10.9. The van der Waals surface area contributed by atoms with E-state index in [0.717, 1.165) is 30.3 Å². The number of nitrogens with zero attached hydrogens (tertiary/aromatic N) is 1. The summed E-state index contributed by atoms with van der Waals surface area (Å²) in [6.45, 7) is 1.75. The quantitative estimate of drug-likeness (QED) is 0.219. The minimum Gasteiger partial charge on any atom is -0.432 e. The predicted octanol–water partition coefficient (Wildman–Crippen LogP) is 8.18. The highest BCUT2D eigenvalue weighted by Crippen LogP contribution is 2.49. The van der Waals surface area contributed by atoms with Gasteiger partial charge in [0.15, 0.2) is 0 Å². The number of carbonyl (C=O) groups is 1. The van der Waals surface area contributed by atoms with Crippen LogP contribution < -0.4 is 15.4 Å². The van der Waals surface area contributed by atoms with Crippen LogP contribution in [0, 0.1) is 6.92 Å². The normalized spacial score (nSPS) is 16.7. The number of hydrogen-bond donors (Lipinski definition) is 2. The Labute approximate surface area is 241 Å². The molecule has 0 bridgehead atoms. The van der Waals surface area contributed by atoms with Gasteiger partial charge in [-0.2, -0.15) is 22.0 Å². The lowest BCUT2D eigenvalue weighted by Gasteiger charge is -2.36. The zero-order valence-corrected chi connectivity index (χ0v) is 22.5. The number of ether oxygens (including phenoxy) is 1. The largest absolute Gasteiger partial charge is 0.432 e. The number of aryl methyl sites for hydroxylation is 1. The third-order valence-corrected chi connectivity index (χ3v) is 6.99. The minimum absolute atomic E-state index is 0.0375. The van der Waals surface area contributed by atoms with Crippen LogP contribution in [-0.4, -0.2) is 17.1 Å². The zero-order chi connectivity index (χ0) is 31.0. The van der Waals surface area contributed by atoms with Gasteiger partial charge in [0.1, 0.15) is 17.7 Å². The SMILES string of the molecule is Cc1ccnc(C(Cc2ccccc2)(NC(=O)Nc2ccc3c(c2)C(F)(F)CC(F)(F)O3)c2cccc(C(F)(F)F)c2)c1. The summed E-state index contributed by atoms with van der Waals surface area (Å²) in [6.07, 6.45) is -9.23. The molecule has 5 nitrogen and oxygen atoms in total. The first-order valence-corrected chi connectivity index (χ1v) is 13.0. The molecule has 1 atom stereocenters. The number of anilines is 1. The van der Waals surface area contributed by atoms with E-state index in [0.29, 0.717) is 11.1 Å². The van der Waals surface area contributed by atoms with Gasteiger partial charge in [0, 0.05) is 18.3 Å². The van der Waals surface area contributed by atoms with E-state index in [1.807, 2.05) is 0 Å². The summed E-state index contributed by atoms with van der Waals surface area (Å²) in [5, 5.41) is 5.18. The van der Waals surface area contributed by atoms with Crippen molar-refractivity contribution in [2.75, 3.05) is 5.32 Å². The van der Waals surface area contributed by atoms with Crippen LogP contribution in [0.5, 0.6) is 5.75 Å². The molecule has 2 amide bonds. The van der Waals surface area contributed by atoms with Crippen molar-refractivity contribution in [3.8, 4) is 5.75 Å². The number of hydrogen-bond acceptors (Lipinski definition) is 3. The molecule has 1 aromatic heterocycles. The minimum atomic E-state index is -4.69. The van der Waals surface area contributed by atoms with Crippen LogP contribution in [0.15, 0.2) is 91.1 Å². The van der Waals surface area contributed by atoms with Gasteiger partial charge in [-0.05, 0) is 66.1 Å². The van der Waals surface area contributed by atoms with Gasteiger partial charge in [-0.3, -0.25) is 4.98 Å². The van der Waals surface area contributed by atoms with E-state index in [9.17, 15) is 35.5 Å². The van der Waals surface area contributed by atoms with Gasteiger partial charge in [-0.25, -0.2) is 13.6 Å². The second-order valence-electron chi connectivity index (χ2n) is 10.3. The molecule has 224 valence electrons. The zero-order valence-electron chi connectivity index (χ0n) is 22.5. The highest BCUT2D eigenvalue weighted by Gasteiger charge is 2.52. The van der Waals surface area contributed by atoms with Crippen molar-refractivity contribution in [3.05, 3.63) is 125 Å². The molecule has 1 unspecified atom stereocenters. The molecule has 0 fully saturated rings. The molecule has 12 heteroatoms. The van der Waals surface area contributed by atoms with Gasteiger partial charge in [0.05, 0.1) is 16.8 Å². The molecular weight excluding hydrogens is 579 g/mol. The van der Waals surface area contributed by atoms with E-state index in [4.69, 9.17) is 0 Å². The molecular formula is C31H24F7N3O2. The van der Waals surface area contributed by atoms with Crippen molar-refractivity contribution in [1.29, 1.82) is 0 Å². The Bertz CT molecular complexity index is 1640. The number of fused-ring (bicyclic) bond motifs is 1. The summed E-state index contributed by atoms with van der Waals surface area (Å²) >= 11 is 0. The maximum Gasteiger partial charge on any atom is 0.416 e. The fourth-order valence-corrected chi connectivity index (χ4v) is 5.04. The molecule has 0 saturated heterocycles. The predicted molar refractivity (Wildman–Crippen MR) is 144 cm³/mol. The molecule has 0 aliphatic carbocycles. The average Bonchev–Trinajstić information content (AvgIpc) is 2.92. The van der Waals surface area contributed by atoms with Crippen molar-refractivity contribution in [1.82, 2.24) is 10.3 Å². The lowest BCUT2D eigenvalue weighted by atomic mass is 9.79. The van der Waals surface area contributed by atoms with E-state index >= 15 is 0 Å². The first-order chi connectivity index (χ1) is 20.2. The number of rotatable bonds is 6. The van der Waals surface area contributed by atoms with Gasteiger partial charge in [0.2, 0.25) is 0 Å². The molecule has 3 aromatic carbocycles. The number of nitrogens with one attached hydrogen (secondary N) is 2. The maximum atomic E-state index is 14.5. The number of halogens is 7. The van der Waals surface area contributed by atoms with E-state index in [-0.39, 0.29) is 23.4 Å². The Hall–Kier alpha value is -4.61. The maximum absolute atomic E-state index is 14.5. The van der Waals surface area contributed by atoms with Crippen molar-refractivity contribution in [2.45, 2.75) is 43.5 Å². The van der Waals surface area contributed by atoms with Crippen LogP contribution in [0.3, 0.4) is 0 Å². The Morgan fingerprint density at radius 3 is 2.33 bits per heavy atom. The van der Waals surface area contributed by atoms with Crippen molar-refractivity contribution >= 4 is 11.7 Å². The van der Waals surface area contributed by atoms with Gasteiger partial charge >= 0.3 is 18.3 Å². The first kappa shape index (κ1) is 29.9. The standard InChI is InChI=1S/C31H24F7N3O2/c1-19-12-13-39-26(14-19)28(17-20-6-3-2-4-7-20,21-8-5-9-22(15-21)31(36,37)38)41-27(42)40-23-10-11-25-24(16-23)29(32,33)18-30(34,35)43-25/h2-16H,17-18H2,1H3,(H2,40,41,42). The van der Waals surface area contributed by atoms with Gasteiger partial charge in [-0.15, -0.1) is 0 Å². The van der Waals surface area contributed by atoms with Gasteiger partial charge in [-0.1, -0.05) is 42.5 Å². The molecule has 4 aromatic rings. The van der Waals surface area contributed by atoms with Crippen LogP contribution >= 0.6 is 0 Å². The number of pyridine rings is 1. The number of amides is 2. The summed E-state index contributed by atoms with van der Waals surface area (Å²) in [4.78, 5) is 18.0. The van der Waals surface area contributed by atoms with Crippen LogP contribution in [0.4, 0.5) is 41.2 Å². The molecule has 5 rings (SSSR count). The smallest absolute Gasteiger partial charge is 0.416 e. The van der Waals surface area contributed by atoms with E-state index in [2.05, 4.69) is 20.4 Å². The fourth-order valence-electron chi connectivity index (χ4n) is 5.04. The Morgan fingerprint density at radius 1 is 0.907 bits per heavy atom. The lowest BCUT2D eigenvalue weighted by Crippen LogP contribution is -2.50.